The zero-order valence-corrected chi connectivity index (χ0v) is 26.1. The van der Waals surface area contributed by atoms with Gasteiger partial charge in [-0.2, -0.15) is 0 Å². The molecule has 4 rings (SSSR count). The summed E-state index contributed by atoms with van der Waals surface area (Å²) in [5.41, 5.74) is 4.48. The summed E-state index contributed by atoms with van der Waals surface area (Å²) in [4.78, 5) is 22.8. The average Bonchev–Trinajstić information content (AvgIpc) is 3.13. The van der Waals surface area contributed by atoms with E-state index in [-0.39, 0.29) is 27.6 Å². The number of halogens is 1. The Bertz CT molecular complexity index is 816. The fourth-order valence-electron chi connectivity index (χ4n) is 9.56. The first-order chi connectivity index (χ1) is 16.9. The molecule has 0 aliphatic heterocycles. The maximum atomic E-state index is 11.8. The molecule has 0 N–H and O–H groups in total. The van der Waals surface area contributed by atoms with Crippen LogP contribution in [0.5, 0.6) is 0 Å². The molecule has 37 heavy (non-hydrogen) atoms. The van der Waals surface area contributed by atoms with Crippen molar-refractivity contribution in [3.8, 4) is 0 Å². The Balaban J connectivity index is 0.00000131. The molecule has 0 amide bonds. The highest BCUT2D eigenvalue weighted by Crippen LogP contribution is 2.72. The van der Waals surface area contributed by atoms with Crippen molar-refractivity contribution in [2.45, 2.75) is 146 Å². The summed E-state index contributed by atoms with van der Waals surface area (Å²) < 4.78 is 5.83. The number of allylic oxidation sites excluding steroid dienone is 2. The van der Waals surface area contributed by atoms with Crippen LogP contribution in [0.3, 0.4) is 0 Å². The van der Waals surface area contributed by atoms with Crippen molar-refractivity contribution < 1.29 is 19.0 Å². The maximum Gasteiger partial charge on any atom is 0.302 e. The highest BCUT2D eigenvalue weighted by Gasteiger charge is 2.63. The highest BCUT2D eigenvalue weighted by molar-refractivity contribution is 5.66. The van der Waals surface area contributed by atoms with Gasteiger partial charge in [-0.05, 0) is 91.8 Å². The predicted octanol–water partition coefficient (Wildman–Crippen LogP) is 9.49. The second-order valence-corrected chi connectivity index (χ2v) is 13.0. The molecule has 0 bridgehead atoms. The van der Waals surface area contributed by atoms with Gasteiger partial charge in [0.15, 0.2) is 0 Å². The van der Waals surface area contributed by atoms with Crippen LogP contribution in [-0.2, 0) is 14.3 Å². The Morgan fingerprint density at radius 1 is 0.946 bits per heavy atom. The number of carbonyl (C=O) groups is 2. The van der Waals surface area contributed by atoms with E-state index in [1.54, 1.807) is 18.1 Å². The van der Waals surface area contributed by atoms with Crippen LogP contribution < -0.4 is 0 Å². The highest BCUT2D eigenvalue weighted by atomic mass is 19.0. The molecule has 0 saturated heterocycles. The Morgan fingerprint density at radius 2 is 1.57 bits per heavy atom. The van der Waals surface area contributed by atoms with Crippen molar-refractivity contribution in [2.75, 3.05) is 0 Å². The molecule has 0 aromatic rings. The fourth-order valence-corrected chi connectivity index (χ4v) is 9.56. The number of esters is 1. The minimum atomic E-state index is -0.135. The monoisotopic (exact) mass is 522 g/mol. The van der Waals surface area contributed by atoms with Gasteiger partial charge in [0.2, 0.25) is 0 Å². The van der Waals surface area contributed by atoms with E-state index in [4.69, 9.17) is 4.74 Å². The van der Waals surface area contributed by atoms with Gasteiger partial charge in [-0.1, -0.05) is 80.4 Å². The Hall–Kier alpha value is -1.19. The molecule has 4 aliphatic carbocycles. The first-order valence-electron chi connectivity index (χ1n) is 15.3. The van der Waals surface area contributed by atoms with E-state index in [9.17, 15) is 9.59 Å². The Morgan fingerprint density at radius 3 is 2.14 bits per heavy atom. The second-order valence-electron chi connectivity index (χ2n) is 13.0. The van der Waals surface area contributed by atoms with Gasteiger partial charge in [0.05, 0.1) is 0 Å². The summed E-state index contributed by atoms with van der Waals surface area (Å²) in [5, 5.41) is 0. The van der Waals surface area contributed by atoms with Crippen molar-refractivity contribution in [3.63, 3.8) is 0 Å². The van der Waals surface area contributed by atoms with Gasteiger partial charge in [0.1, 0.15) is 12.4 Å². The fraction of sp³-hybridized carbons (Fsp3) is 0.879. The van der Waals surface area contributed by atoms with Crippen LogP contribution in [0.2, 0.25) is 0 Å². The zero-order chi connectivity index (χ0) is 27.5. The van der Waals surface area contributed by atoms with Gasteiger partial charge in [-0.3, -0.25) is 9.50 Å². The van der Waals surface area contributed by atoms with Crippen molar-refractivity contribution >= 4 is 12.3 Å². The normalized spacial score (nSPS) is 38.1. The van der Waals surface area contributed by atoms with Gasteiger partial charge >= 0.3 is 5.97 Å². The molecule has 1 unspecified atom stereocenters. The van der Waals surface area contributed by atoms with Gasteiger partial charge in [-0.15, -0.1) is 0 Å². The Labute approximate surface area is 228 Å². The average molecular weight is 523 g/mol. The first kappa shape index (κ1) is 33.8. The summed E-state index contributed by atoms with van der Waals surface area (Å²) in [5.74, 6) is 1.79. The molecule has 2 fully saturated rings. The third-order valence-corrected chi connectivity index (χ3v) is 11.5. The lowest BCUT2D eigenvalue weighted by Gasteiger charge is -2.62. The molecule has 0 spiro atoms. The minimum absolute atomic E-state index is 0. The quantitative estimate of drug-likeness (QED) is 0.205. The largest absolute Gasteiger partial charge is 0.462 e. The standard InChI is InChI=1S/C29H46O3.2C2H6.FH/c1-19(9-8-18-30)21-12-16-29(7)23-10-11-24-26(3,4)25(32-20(2)31)14-15-27(24,5)22(23)13-17-28(21,29)6;2*1-2;/h18-19,21,24-25H,8-17H2,1-7H3;2*1-2H3;1H/t19-,21-,24?,25+,27-,28-,29+;;;/m1.../s1. The van der Waals surface area contributed by atoms with Gasteiger partial charge in [0.25, 0.3) is 0 Å². The summed E-state index contributed by atoms with van der Waals surface area (Å²) in [6.45, 7) is 24.4. The van der Waals surface area contributed by atoms with E-state index < -0.39 is 0 Å². The van der Waals surface area contributed by atoms with Crippen molar-refractivity contribution in [1.82, 2.24) is 0 Å². The SMILES string of the molecule is CC.CC.CC(=O)O[C@H]1CC[C@]2(C)C3=C(CCC2C1(C)C)[C@]1(C)CC[C@H]([C@H](C)CCC=O)[C@@]1(C)CC3.F. The molecule has 7 atom stereocenters. The maximum absolute atomic E-state index is 11.8. The topological polar surface area (TPSA) is 43.4 Å². The number of aldehydes is 1. The van der Waals surface area contributed by atoms with Crippen LogP contribution in [0.1, 0.15) is 140 Å². The smallest absolute Gasteiger partial charge is 0.302 e. The van der Waals surface area contributed by atoms with Crippen molar-refractivity contribution in [2.24, 2.45) is 39.4 Å². The van der Waals surface area contributed by atoms with E-state index in [2.05, 4.69) is 41.5 Å². The Kier molecular flexibility index (Phi) is 11.7. The summed E-state index contributed by atoms with van der Waals surface area (Å²) in [6.07, 6.45) is 12.6. The number of fused-ring (bicyclic) bond motifs is 4. The molecule has 0 aromatic heterocycles. The molecule has 216 valence electrons. The molecule has 3 nitrogen and oxygen atoms in total. The summed E-state index contributed by atoms with van der Waals surface area (Å²) >= 11 is 0. The van der Waals surface area contributed by atoms with Crippen LogP contribution in [0, 0.1) is 39.4 Å². The number of hydrogen-bond acceptors (Lipinski definition) is 3. The third-order valence-electron chi connectivity index (χ3n) is 11.5. The van der Waals surface area contributed by atoms with Crippen LogP contribution in [0.15, 0.2) is 11.1 Å². The molecular formula is C33H59FO3. The molecule has 4 heteroatoms. The second kappa shape index (κ2) is 12.8. The van der Waals surface area contributed by atoms with E-state index in [0.29, 0.717) is 29.1 Å². The molecule has 0 radical (unpaired) electrons. The zero-order valence-electron chi connectivity index (χ0n) is 26.1. The third kappa shape index (κ3) is 5.46. The van der Waals surface area contributed by atoms with Gasteiger partial charge in [-0.25, -0.2) is 0 Å². The van der Waals surface area contributed by atoms with E-state index >= 15 is 0 Å². The lowest BCUT2D eigenvalue weighted by Crippen LogP contribution is -2.55. The lowest BCUT2D eigenvalue weighted by molar-refractivity contribution is -0.167. The van der Waals surface area contributed by atoms with Crippen LogP contribution >= 0.6 is 0 Å². The number of rotatable bonds is 5. The van der Waals surface area contributed by atoms with Crippen LogP contribution in [0.25, 0.3) is 0 Å². The number of carbonyl (C=O) groups excluding carboxylic acids is 2. The number of ether oxygens (including phenoxy) is 1. The predicted molar refractivity (Wildman–Crippen MR) is 154 cm³/mol. The van der Waals surface area contributed by atoms with E-state index in [1.165, 1.54) is 38.5 Å². The molecular weight excluding hydrogens is 463 g/mol. The van der Waals surface area contributed by atoms with Crippen LogP contribution in [-0.4, -0.2) is 18.4 Å². The van der Waals surface area contributed by atoms with Gasteiger partial charge in [0, 0.05) is 18.8 Å². The van der Waals surface area contributed by atoms with Crippen LogP contribution in [0.4, 0.5) is 4.70 Å². The summed E-state index contributed by atoms with van der Waals surface area (Å²) in [7, 11) is 0. The van der Waals surface area contributed by atoms with E-state index in [0.717, 1.165) is 31.5 Å². The summed E-state index contributed by atoms with van der Waals surface area (Å²) in [6, 6.07) is 0. The van der Waals surface area contributed by atoms with E-state index in [1.807, 2.05) is 27.7 Å². The molecule has 0 heterocycles. The molecule has 0 aromatic carbocycles. The number of hydrogen-bond donors (Lipinski definition) is 0. The minimum Gasteiger partial charge on any atom is -0.462 e. The molecule has 2 saturated carbocycles. The lowest BCUT2D eigenvalue weighted by atomic mass is 9.43. The molecule has 4 aliphatic rings. The van der Waals surface area contributed by atoms with Gasteiger partial charge < -0.3 is 9.53 Å². The van der Waals surface area contributed by atoms with Crippen molar-refractivity contribution in [1.29, 1.82) is 0 Å². The van der Waals surface area contributed by atoms with Crippen molar-refractivity contribution in [3.05, 3.63) is 11.1 Å². The first-order valence-corrected chi connectivity index (χ1v) is 15.3.